The van der Waals surface area contributed by atoms with Crippen LogP contribution in [0.15, 0.2) is 47.5 Å². The third-order valence-electron chi connectivity index (χ3n) is 4.96. The molecule has 2 aromatic carbocycles. The van der Waals surface area contributed by atoms with E-state index >= 15 is 0 Å². The van der Waals surface area contributed by atoms with Crippen molar-refractivity contribution in [3.05, 3.63) is 58.2 Å². The van der Waals surface area contributed by atoms with E-state index in [0.717, 1.165) is 16.4 Å². The van der Waals surface area contributed by atoms with Gasteiger partial charge in [0.2, 0.25) is 0 Å². The summed E-state index contributed by atoms with van der Waals surface area (Å²) in [5.74, 6) is 0.585. The maximum atomic E-state index is 13.0. The Morgan fingerprint density at radius 3 is 2.93 bits per heavy atom. The van der Waals surface area contributed by atoms with Crippen LogP contribution in [0.3, 0.4) is 0 Å². The molecule has 0 aliphatic carbocycles. The smallest absolute Gasteiger partial charge is 0.354 e. The molecule has 136 valence electrons. The van der Waals surface area contributed by atoms with Crippen LogP contribution in [0.2, 0.25) is 5.02 Å². The molecule has 1 aliphatic rings. The highest BCUT2D eigenvalue weighted by Gasteiger charge is 2.24. The van der Waals surface area contributed by atoms with Crippen molar-refractivity contribution in [1.29, 1.82) is 0 Å². The second-order valence-corrected chi connectivity index (χ2v) is 7.14. The Morgan fingerprint density at radius 1 is 1.22 bits per heavy atom. The number of rotatable bonds is 2. The number of aliphatic hydroxyl groups is 1. The molecule has 1 atom stereocenters. The molecular formula is C19H16ClN5O2. The Kier molecular flexibility index (Phi) is 3.66. The van der Waals surface area contributed by atoms with Gasteiger partial charge in [-0.1, -0.05) is 11.6 Å². The minimum Gasteiger partial charge on any atom is -0.391 e. The van der Waals surface area contributed by atoms with E-state index in [4.69, 9.17) is 11.6 Å². The lowest BCUT2D eigenvalue weighted by Gasteiger charge is -2.20. The molecule has 0 amide bonds. The Bertz CT molecular complexity index is 1230. The number of benzene rings is 2. The van der Waals surface area contributed by atoms with E-state index in [2.05, 4.69) is 15.0 Å². The highest BCUT2D eigenvalue weighted by atomic mass is 35.5. The van der Waals surface area contributed by atoms with Crippen molar-refractivity contribution < 1.29 is 5.11 Å². The van der Waals surface area contributed by atoms with Gasteiger partial charge in [-0.05, 0) is 42.8 Å². The Labute approximate surface area is 158 Å². The van der Waals surface area contributed by atoms with Gasteiger partial charge in [-0.2, -0.15) is 4.98 Å². The van der Waals surface area contributed by atoms with E-state index < -0.39 is 6.10 Å². The lowest BCUT2D eigenvalue weighted by atomic mass is 10.2. The van der Waals surface area contributed by atoms with Gasteiger partial charge in [0.05, 0.1) is 34.7 Å². The van der Waals surface area contributed by atoms with Crippen LogP contribution in [0.1, 0.15) is 6.42 Å². The number of imidazole rings is 1. The normalized spacial score (nSPS) is 17.3. The summed E-state index contributed by atoms with van der Waals surface area (Å²) in [6, 6.07) is 11.0. The Balaban J connectivity index is 1.78. The van der Waals surface area contributed by atoms with Crippen molar-refractivity contribution in [2.24, 2.45) is 0 Å². The lowest BCUT2D eigenvalue weighted by molar-refractivity contribution is 0.198. The van der Waals surface area contributed by atoms with Crippen LogP contribution >= 0.6 is 11.6 Å². The standard InChI is InChI=1S/C19H16ClN5O2/c20-11-1-3-14-17(7-11)25(12-2-4-15-16(8-12)22-10-21-15)19(27)23-18(14)24-6-5-13(26)9-24/h1-4,7-8,10,13,26H,5-6,9H2,(H,21,22). The summed E-state index contributed by atoms with van der Waals surface area (Å²) in [6.07, 6.45) is 1.88. The van der Waals surface area contributed by atoms with Crippen LogP contribution in [0.5, 0.6) is 0 Å². The van der Waals surface area contributed by atoms with Crippen molar-refractivity contribution in [1.82, 2.24) is 19.5 Å². The van der Waals surface area contributed by atoms with Crippen molar-refractivity contribution >= 4 is 39.4 Å². The molecule has 1 saturated heterocycles. The molecule has 1 aliphatic heterocycles. The molecule has 3 heterocycles. The summed E-state index contributed by atoms with van der Waals surface area (Å²) in [7, 11) is 0. The second-order valence-electron chi connectivity index (χ2n) is 6.71. The first-order valence-electron chi connectivity index (χ1n) is 8.69. The van der Waals surface area contributed by atoms with Crippen molar-refractivity contribution in [3.8, 4) is 5.69 Å². The van der Waals surface area contributed by atoms with Crippen LogP contribution in [-0.4, -0.2) is 43.8 Å². The van der Waals surface area contributed by atoms with Gasteiger partial charge in [-0.25, -0.2) is 9.78 Å². The number of aromatic nitrogens is 4. The molecule has 0 bridgehead atoms. The number of H-pyrrole nitrogens is 1. The van der Waals surface area contributed by atoms with Gasteiger partial charge in [0.15, 0.2) is 0 Å². The first-order chi connectivity index (χ1) is 13.1. The molecule has 4 aromatic rings. The third kappa shape index (κ3) is 2.67. The summed E-state index contributed by atoms with van der Waals surface area (Å²) in [4.78, 5) is 26.5. The van der Waals surface area contributed by atoms with Gasteiger partial charge in [0.25, 0.3) is 0 Å². The number of halogens is 1. The summed E-state index contributed by atoms with van der Waals surface area (Å²) >= 11 is 6.24. The second kappa shape index (κ2) is 6.07. The van der Waals surface area contributed by atoms with E-state index in [1.165, 1.54) is 0 Å². The van der Waals surface area contributed by atoms with Gasteiger partial charge >= 0.3 is 5.69 Å². The molecule has 5 rings (SSSR count). The highest BCUT2D eigenvalue weighted by Crippen LogP contribution is 2.29. The fraction of sp³-hybridized carbons (Fsp3) is 0.211. The predicted molar refractivity (Wildman–Crippen MR) is 105 cm³/mol. The monoisotopic (exact) mass is 381 g/mol. The molecule has 2 N–H and O–H groups in total. The predicted octanol–water partition coefficient (Wildman–Crippen LogP) is 2.49. The van der Waals surface area contributed by atoms with E-state index in [1.807, 2.05) is 29.2 Å². The SMILES string of the molecule is O=c1nc(N2CCC(O)C2)c2ccc(Cl)cc2n1-c1ccc2nc[nH]c2c1. The van der Waals surface area contributed by atoms with Crippen molar-refractivity contribution in [2.45, 2.75) is 12.5 Å². The maximum Gasteiger partial charge on any atom is 0.354 e. The summed E-state index contributed by atoms with van der Waals surface area (Å²) in [5.41, 5.74) is 2.63. The van der Waals surface area contributed by atoms with Gasteiger partial charge < -0.3 is 15.0 Å². The quantitative estimate of drug-likeness (QED) is 0.557. The van der Waals surface area contributed by atoms with Gasteiger partial charge in [-0.15, -0.1) is 0 Å². The highest BCUT2D eigenvalue weighted by molar-refractivity contribution is 6.31. The number of hydrogen-bond acceptors (Lipinski definition) is 5. The average Bonchev–Trinajstić information content (AvgIpc) is 3.29. The fourth-order valence-corrected chi connectivity index (χ4v) is 3.84. The number of anilines is 1. The van der Waals surface area contributed by atoms with E-state index in [9.17, 15) is 9.90 Å². The molecule has 0 radical (unpaired) electrons. The van der Waals surface area contributed by atoms with Crippen molar-refractivity contribution in [2.75, 3.05) is 18.0 Å². The summed E-state index contributed by atoms with van der Waals surface area (Å²) in [6.45, 7) is 1.13. The molecule has 1 fully saturated rings. The molecule has 0 saturated carbocycles. The number of nitrogens with one attached hydrogen (secondary N) is 1. The zero-order chi connectivity index (χ0) is 18.5. The number of aromatic amines is 1. The minimum absolute atomic E-state index is 0.389. The van der Waals surface area contributed by atoms with Gasteiger partial charge in [0, 0.05) is 23.5 Å². The zero-order valence-corrected chi connectivity index (χ0v) is 15.0. The fourth-order valence-electron chi connectivity index (χ4n) is 3.67. The minimum atomic E-state index is -0.403. The number of hydrogen-bond donors (Lipinski definition) is 2. The zero-order valence-electron chi connectivity index (χ0n) is 14.3. The number of fused-ring (bicyclic) bond motifs is 2. The first kappa shape index (κ1) is 16.3. The van der Waals surface area contributed by atoms with Gasteiger partial charge in [-0.3, -0.25) is 4.57 Å². The molecule has 1 unspecified atom stereocenters. The van der Waals surface area contributed by atoms with Crippen LogP contribution in [0.4, 0.5) is 5.82 Å². The van der Waals surface area contributed by atoms with E-state index in [-0.39, 0.29) is 5.69 Å². The van der Waals surface area contributed by atoms with Crippen molar-refractivity contribution in [3.63, 3.8) is 0 Å². The summed E-state index contributed by atoms with van der Waals surface area (Å²) < 4.78 is 1.55. The van der Waals surface area contributed by atoms with Crippen LogP contribution in [0, 0.1) is 0 Å². The van der Waals surface area contributed by atoms with Crippen LogP contribution < -0.4 is 10.6 Å². The number of β-amino-alcohol motifs (C(OH)–C–C–N with tert-alkyl or cyclic N) is 1. The number of nitrogens with zero attached hydrogens (tertiary/aromatic N) is 4. The Morgan fingerprint density at radius 2 is 2.11 bits per heavy atom. The van der Waals surface area contributed by atoms with E-state index in [1.54, 1.807) is 23.0 Å². The Hall–Kier alpha value is -2.90. The number of aliphatic hydroxyl groups excluding tert-OH is 1. The molecule has 0 spiro atoms. The van der Waals surface area contributed by atoms with Crippen LogP contribution in [0.25, 0.3) is 27.6 Å². The maximum absolute atomic E-state index is 13.0. The van der Waals surface area contributed by atoms with Gasteiger partial charge in [0.1, 0.15) is 5.82 Å². The molecular weight excluding hydrogens is 366 g/mol. The third-order valence-corrected chi connectivity index (χ3v) is 5.19. The summed E-state index contributed by atoms with van der Waals surface area (Å²) in [5, 5.41) is 11.2. The molecule has 7 nitrogen and oxygen atoms in total. The molecule has 2 aromatic heterocycles. The largest absolute Gasteiger partial charge is 0.391 e. The topological polar surface area (TPSA) is 87.0 Å². The lowest BCUT2D eigenvalue weighted by Crippen LogP contribution is -2.29. The molecule has 27 heavy (non-hydrogen) atoms. The van der Waals surface area contributed by atoms with Crippen LogP contribution in [-0.2, 0) is 0 Å². The van der Waals surface area contributed by atoms with E-state index in [0.29, 0.717) is 41.6 Å². The average molecular weight is 382 g/mol. The first-order valence-corrected chi connectivity index (χ1v) is 9.07. The molecule has 8 heteroatoms.